The number of hydrogen-bond donors (Lipinski definition) is 0. The third-order valence-electron chi connectivity index (χ3n) is 3.09. The van der Waals surface area contributed by atoms with Gasteiger partial charge in [0, 0.05) is 5.69 Å². The number of cyclic esters (lactones) is 1. The SMILES string of the molecule is Cc1ccc(N2COC(=O)c3ccccc32)cc1. The van der Waals surface area contributed by atoms with Crippen LogP contribution in [-0.4, -0.2) is 12.7 Å². The summed E-state index contributed by atoms with van der Waals surface area (Å²) >= 11 is 0. The van der Waals surface area contributed by atoms with Gasteiger partial charge < -0.3 is 9.64 Å². The summed E-state index contributed by atoms with van der Waals surface area (Å²) in [5, 5.41) is 0. The number of carbonyl (C=O) groups is 1. The summed E-state index contributed by atoms with van der Waals surface area (Å²) in [4.78, 5) is 13.7. The molecule has 3 rings (SSSR count). The summed E-state index contributed by atoms with van der Waals surface area (Å²) in [5.41, 5.74) is 3.75. The molecule has 3 heteroatoms. The number of aryl methyl sites for hydroxylation is 1. The lowest BCUT2D eigenvalue weighted by molar-refractivity contribution is 0.0494. The Labute approximate surface area is 106 Å². The number of para-hydroxylation sites is 1. The van der Waals surface area contributed by atoms with Crippen molar-refractivity contribution in [1.29, 1.82) is 0 Å². The molecule has 0 amide bonds. The predicted octanol–water partition coefficient (Wildman–Crippen LogP) is 3.26. The van der Waals surface area contributed by atoms with Gasteiger partial charge in [-0.15, -0.1) is 0 Å². The van der Waals surface area contributed by atoms with Gasteiger partial charge in [-0.1, -0.05) is 29.8 Å². The minimum atomic E-state index is -0.256. The fraction of sp³-hybridized carbons (Fsp3) is 0.133. The van der Waals surface area contributed by atoms with Gasteiger partial charge in [0.1, 0.15) is 0 Å². The standard InChI is InChI=1S/C15H13NO2/c1-11-6-8-12(9-7-11)16-10-18-15(17)13-4-2-3-5-14(13)16/h2-9H,10H2,1H3. The molecule has 18 heavy (non-hydrogen) atoms. The first-order valence-corrected chi connectivity index (χ1v) is 5.86. The second kappa shape index (κ2) is 4.18. The van der Waals surface area contributed by atoms with Crippen molar-refractivity contribution in [3.8, 4) is 0 Å². The largest absolute Gasteiger partial charge is 0.440 e. The van der Waals surface area contributed by atoms with E-state index in [9.17, 15) is 4.79 Å². The van der Waals surface area contributed by atoms with Crippen LogP contribution >= 0.6 is 0 Å². The van der Waals surface area contributed by atoms with Crippen molar-refractivity contribution in [3.63, 3.8) is 0 Å². The Balaban J connectivity index is 2.07. The Morgan fingerprint density at radius 1 is 1.06 bits per heavy atom. The van der Waals surface area contributed by atoms with E-state index in [0.717, 1.165) is 11.4 Å². The molecular weight excluding hydrogens is 226 g/mol. The van der Waals surface area contributed by atoms with Crippen molar-refractivity contribution in [1.82, 2.24) is 0 Å². The van der Waals surface area contributed by atoms with E-state index in [4.69, 9.17) is 4.74 Å². The van der Waals surface area contributed by atoms with E-state index in [-0.39, 0.29) is 12.7 Å². The number of ether oxygens (including phenoxy) is 1. The zero-order valence-electron chi connectivity index (χ0n) is 10.1. The summed E-state index contributed by atoms with van der Waals surface area (Å²) in [6.07, 6.45) is 0. The smallest absolute Gasteiger partial charge is 0.342 e. The third kappa shape index (κ3) is 1.74. The van der Waals surface area contributed by atoms with Crippen molar-refractivity contribution < 1.29 is 9.53 Å². The van der Waals surface area contributed by atoms with Crippen molar-refractivity contribution >= 4 is 17.3 Å². The van der Waals surface area contributed by atoms with Crippen LogP contribution < -0.4 is 4.90 Å². The molecule has 0 atom stereocenters. The summed E-state index contributed by atoms with van der Waals surface area (Å²) in [6, 6.07) is 15.7. The van der Waals surface area contributed by atoms with Crippen LogP contribution in [0, 0.1) is 6.92 Å². The number of benzene rings is 2. The fourth-order valence-corrected chi connectivity index (χ4v) is 2.09. The van der Waals surface area contributed by atoms with Crippen LogP contribution in [0.15, 0.2) is 48.5 Å². The van der Waals surface area contributed by atoms with E-state index in [2.05, 4.69) is 0 Å². The Hall–Kier alpha value is -2.29. The van der Waals surface area contributed by atoms with E-state index in [1.54, 1.807) is 6.07 Å². The molecule has 0 bridgehead atoms. The van der Waals surface area contributed by atoms with Crippen LogP contribution in [-0.2, 0) is 4.74 Å². The molecular formula is C15H13NO2. The molecule has 1 heterocycles. The molecule has 0 saturated heterocycles. The minimum Gasteiger partial charge on any atom is -0.440 e. The van der Waals surface area contributed by atoms with E-state index < -0.39 is 0 Å². The highest BCUT2D eigenvalue weighted by Crippen LogP contribution is 2.32. The van der Waals surface area contributed by atoms with E-state index in [0.29, 0.717) is 5.56 Å². The van der Waals surface area contributed by atoms with Crippen molar-refractivity contribution in [3.05, 3.63) is 59.7 Å². The molecule has 0 saturated carbocycles. The van der Waals surface area contributed by atoms with Gasteiger partial charge in [0.15, 0.2) is 6.73 Å². The average Bonchev–Trinajstić information content (AvgIpc) is 2.41. The molecule has 0 N–H and O–H groups in total. The van der Waals surface area contributed by atoms with Crippen LogP contribution in [0.2, 0.25) is 0 Å². The van der Waals surface area contributed by atoms with Crippen LogP contribution in [0.3, 0.4) is 0 Å². The number of esters is 1. The van der Waals surface area contributed by atoms with E-state index in [1.165, 1.54) is 5.56 Å². The Kier molecular flexibility index (Phi) is 2.52. The maximum absolute atomic E-state index is 11.7. The highest BCUT2D eigenvalue weighted by Gasteiger charge is 2.24. The van der Waals surface area contributed by atoms with Gasteiger partial charge in [0.05, 0.1) is 11.3 Å². The number of carbonyl (C=O) groups excluding carboxylic acids is 1. The molecule has 0 fully saturated rings. The van der Waals surface area contributed by atoms with Gasteiger partial charge in [0.25, 0.3) is 0 Å². The Morgan fingerprint density at radius 3 is 2.56 bits per heavy atom. The van der Waals surface area contributed by atoms with Crippen LogP contribution in [0.1, 0.15) is 15.9 Å². The van der Waals surface area contributed by atoms with E-state index >= 15 is 0 Å². The number of rotatable bonds is 1. The van der Waals surface area contributed by atoms with Crippen LogP contribution in [0.5, 0.6) is 0 Å². The van der Waals surface area contributed by atoms with Gasteiger partial charge in [-0.2, -0.15) is 0 Å². The first-order chi connectivity index (χ1) is 8.75. The molecule has 0 radical (unpaired) electrons. The Bertz CT molecular complexity index is 590. The van der Waals surface area contributed by atoms with Crippen molar-refractivity contribution in [2.45, 2.75) is 6.92 Å². The number of anilines is 2. The lowest BCUT2D eigenvalue weighted by atomic mass is 10.1. The third-order valence-corrected chi connectivity index (χ3v) is 3.09. The van der Waals surface area contributed by atoms with Gasteiger partial charge in [-0.05, 0) is 31.2 Å². The summed E-state index contributed by atoms with van der Waals surface area (Å²) in [6.45, 7) is 2.31. The van der Waals surface area contributed by atoms with Gasteiger partial charge in [0.2, 0.25) is 0 Å². The number of nitrogens with zero attached hydrogens (tertiary/aromatic N) is 1. The van der Waals surface area contributed by atoms with Gasteiger partial charge >= 0.3 is 5.97 Å². The first-order valence-electron chi connectivity index (χ1n) is 5.86. The molecule has 90 valence electrons. The quantitative estimate of drug-likeness (QED) is 0.715. The van der Waals surface area contributed by atoms with Crippen LogP contribution in [0.25, 0.3) is 0 Å². The fourth-order valence-electron chi connectivity index (χ4n) is 2.09. The van der Waals surface area contributed by atoms with Crippen molar-refractivity contribution in [2.24, 2.45) is 0 Å². The zero-order valence-corrected chi connectivity index (χ0v) is 10.1. The molecule has 2 aromatic rings. The van der Waals surface area contributed by atoms with Gasteiger partial charge in [-0.25, -0.2) is 4.79 Å². The van der Waals surface area contributed by atoms with E-state index in [1.807, 2.05) is 54.3 Å². The highest BCUT2D eigenvalue weighted by atomic mass is 16.5. The van der Waals surface area contributed by atoms with Crippen molar-refractivity contribution in [2.75, 3.05) is 11.6 Å². The second-order valence-electron chi connectivity index (χ2n) is 4.34. The molecule has 3 nitrogen and oxygen atoms in total. The topological polar surface area (TPSA) is 29.5 Å². The molecule has 1 aliphatic heterocycles. The first kappa shape index (κ1) is 10.8. The van der Waals surface area contributed by atoms with Crippen LogP contribution in [0.4, 0.5) is 11.4 Å². The second-order valence-corrected chi connectivity index (χ2v) is 4.34. The molecule has 1 aliphatic rings. The summed E-state index contributed by atoms with van der Waals surface area (Å²) in [7, 11) is 0. The maximum Gasteiger partial charge on any atom is 0.342 e. The maximum atomic E-state index is 11.7. The molecule has 0 spiro atoms. The number of fused-ring (bicyclic) bond motifs is 1. The average molecular weight is 239 g/mol. The van der Waals surface area contributed by atoms with Gasteiger partial charge in [-0.3, -0.25) is 0 Å². The summed E-state index contributed by atoms with van der Waals surface area (Å²) in [5.74, 6) is -0.256. The summed E-state index contributed by atoms with van der Waals surface area (Å²) < 4.78 is 5.19. The normalized spacial score (nSPS) is 14.1. The number of hydrogen-bond acceptors (Lipinski definition) is 3. The molecule has 2 aromatic carbocycles. The monoisotopic (exact) mass is 239 g/mol. The highest BCUT2D eigenvalue weighted by molar-refractivity contribution is 5.98. The molecule has 0 aliphatic carbocycles. The zero-order chi connectivity index (χ0) is 12.5. The Morgan fingerprint density at radius 2 is 1.78 bits per heavy atom. The lowest BCUT2D eigenvalue weighted by Crippen LogP contribution is -2.30. The molecule has 0 aromatic heterocycles. The minimum absolute atomic E-state index is 0.256. The lowest BCUT2D eigenvalue weighted by Gasteiger charge is -2.30. The predicted molar refractivity (Wildman–Crippen MR) is 70.0 cm³/mol. The molecule has 0 unspecified atom stereocenters.